The molecule has 12 nitrogen and oxygen atoms in total. The molecule has 3 aliphatic rings. The zero-order chi connectivity index (χ0) is 29.4. The van der Waals surface area contributed by atoms with Gasteiger partial charge in [0.25, 0.3) is 11.8 Å². The van der Waals surface area contributed by atoms with Gasteiger partial charge >= 0.3 is 5.97 Å². The van der Waals surface area contributed by atoms with E-state index in [0.717, 1.165) is 41.7 Å². The number of carboxylic acids is 1. The molecule has 2 atom stereocenters. The molecule has 42 heavy (non-hydrogen) atoms. The van der Waals surface area contributed by atoms with E-state index in [4.69, 9.17) is 15.0 Å². The predicted octanol–water partition coefficient (Wildman–Crippen LogP) is 3.60. The molecule has 1 saturated heterocycles. The minimum atomic E-state index is -1.25. The van der Waals surface area contributed by atoms with Crippen molar-refractivity contribution >= 4 is 85.1 Å². The summed E-state index contributed by atoms with van der Waals surface area (Å²) in [6, 6.07) is 2.22. The number of hydrogen-bond acceptors (Lipinski definition) is 13. The third-order valence-corrected chi connectivity index (χ3v) is 10.8. The van der Waals surface area contributed by atoms with Crippen LogP contribution in [0.5, 0.6) is 0 Å². The molecular formula is C26H23N5O7S4. The number of amides is 2. The van der Waals surface area contributed by atoms with Gasteiger partial charge < -0.3 is 25.4 Å². The highest BCUT2D eigenvalue weighted by Crippen LogP contribution is 2.41. The molecule has 0 aromatic carbocycles. The van der Waals surface area contributed by atoms with Gasteiger partial charge in [0.15, 0.2) is 16.4 Å². The van der Waals surface area contributed by atoms with Gasteiger partial charge in [0.2, 0.25) is 5.43 Å². The van der Waals surface area contributed by atoms with Crippen LogP contribution in [-0.4, -0.2) is 61.8 Å². The number of β-lactam (4-membered cyclic amide) rings is 1. The van der Waals surface area contributed by atoms with Crippen LogP contribution in [0.1, 0.15) is 31.4 Å². The van der Waals surface area contributed by atoms with Crippen molar-refractivity contribution in [1.82, 2.24) is 15.2 Å². The number of aliphatic carboxylic acids is 1. The number of nitrogens with two attached hydrogens (primary N) is 1. The molecule has 0 bridgehead atoms. The molecule has 5 heterocycles. The van der Waals surface area contributed by atoms with Crippen LogP contribution in [0, 0.1) is 0 Å². The van der Waals surface area contributed by atoms with Crippen LogP contribution in [0.3, 0.4) is 0 Å². The molecule has 6 rings (SSSR count). The van der Waals surface area contributed by atoms with Crippen molar-refractivity contribution in [3.8, 4) is 0 Å². The SMILES string of the molecule is Nc1nc(C(=NOC2CCCC2)C(=O)NC2C(=O)N3C(C(=O)O)=C(C=CSc4cc(=O)c5occc5s4)CS[C@@H]23)cs1. The average molecular weight is 646 g/mol. The highest BCUT2D eigenvalue weighted by atomic mass is 32.2. The number of aromatic nitrogens is 1. The van der Waals surface area contributed by atoms with E-state index in [1.54, 1.807) is 22.9 Å². The van der Waals surface area contributed by atoms with Crippen molar-refractivity contribution in [2.45, 2.75) is 47.4 Å². The summed E-state index contributed by atoms with van der Waals surface area (Å²) in [5.41, 5.74) is 6.27. The minimum Gasteiger partial charge on any atom is -0.477 e. The standard InChI is InChI=1S/C26H23N5O7S4/c27-26-28-14(11-41-26)18(30-38-13-3-1-2-4-13)22(33)29-19-23(34)31-20(25(35)36)12(10-40-24(19)31)6-8-39-17-9-15(32)21-16(42-17)5-7-37-21/h5-9,11,13,19,24H,1-4,10H2,(H2,27,28)(H,29,33)(H,35,36)/t19?,24-/m0/s1. The van der Waals surface area contributed by atoms with Gasteiger partial charge in [-0.05, 0) is 48.8 Å². The summed E-state index contributed by atoms with van der Waals surface area (Å²) in [4.78, 5) is 61.8. The summed E-state index contributed by atoms with van der Waals surface area (Å²) < 4.78 is 6.62. The molecule has 0 radical (unpaired) electrons. The van der Waals surface area contributed by atoms with Crippen molar-refractivity contribution in [3.63, 3.8) is 0 Å². The zero-order valence-electron chi connectivity index (χ0n) is 21.7. The summed E-state index contributed by atoms with van der Waals surface area (Å²) >= 11 is 5.13. The lowest BCUT2D eigenvalue weighted by atomic mass is 10.0. The van der Waals surface area contributed by atoms with E-state index in [-0.39, 0.29) is 33.8 Å². The number of fused-ring (bicyclic) bond motifs is 2. The Bertz CT molecular complexity index is 1720. The van der Waals surface area contributed by atoms with Crippen LogP contribution >= 0.6 is 46.2 Å². The first-order chi connectivity index (χ1) is 20.3. The van der Waals surface area contributed by atoms with Gasteiger partial charge in [0, 0.05) is 17.2 Å². The van der Waals surface area contributed by atoms with E-state index in [1.807, 2.05) is 0 Å². The number of thiazole rings is 1. The third kappa shape index (κ3) is 5.58. The van der Waals surface area contributed by atoms with Crippen molar-refractivity contribution in [3.05, 3.63) is 62.4 Å². The number of nitrogens with zero attached hydrogens (tertiary/aromatic N) is 3. The maximum atomic E-state index is 13.3. The first kappa shape index (κ1) is 28.5. The van der Waals surface area contributed by atoms with Gasteiger partial charge in [0.1, 0.15) is 28.9 Å². The fourth-order valence-electron chi connectivity index (χ4n) is 4.81. The molecule has 218 valence electrons. The van der Waals surface area contributed by atoms with Gasteiger partial charge in [-0.1, -0.05) is 16.9 Å². The fourth-order valence-corrected chi connectivity index (χ4v) is 8.60. The molecule has 3 aromatic rings. The van der Waals surface area contributed by atoms with E-state index in [9.17, 15) is 24.3 Å². The summed E-state index contributed by atoms with van der Waals surface area (Å²) in [5.74, 6) is -2.16. The number of rotatable bonds is 9. The number of nitrogen functional groups attached to an aromatic ring is 1. The van der Waals surface area contributed by atoms with Crippen LogP contribution in [0.15, 0.2) is 65.1 Å². The molecule has 0 spiro atoms. The quantitative estimate of drug-likeness (QED) is 0.134. The van der Waals surface area contributed by atoms with Gasteiger partial charge in [0.05, 0.1) is 15.2 Å². The van der Waals surface area contributed by atoms with Crippen molar-refractivity contribution < 1.29 is 28.7 Å². The first-order valence-corrected chi connectivity index (χ1v) is 16.4. The Kier molecular flexibility index (Phi) is 8.11. The monoisotopic (exact) mass is 645 g/mol. The summed E-state index contributed by atoms with van der Waals surface area (Å²) in [7, 11) is 0. The van der Waals surface area contributed by atoms with E-state index < -0.39 is 29.2 Å². The van der Waals surface area contributed by atoms with E-state index in [1.165, 1.54) is 52.1 Å². The van der Waals surface area contributed by atoms with Gasteiger partial charge in [-0.2, -0.15) is 0 Å². The normalized spacial score (nSPS) is 21.2. The molecule has 1 aliphatic carbocycles. The Morgan fingerprint density at radius 3 is 2.86 bits per heavy atom. The number of oxime groups is 1. The molecule has 4 N–H and O–H groups in total. The Labute approximate surface area is 254 Å². The van der Waals surface area contributed by atoms with Crippen LogP contribution in [0.25, 0.3) is 10.3 Å². The number of hydrogen-bond donors (Lipinski definition) is 3. The Hall–Kier alpha value is -3.60. The van der Waals surface area contributed by atoms with Crippen LogP contribution in [-0.2, 0) is 19.2 Å². The number of nitrogens with one attached hydrogen (secondary N) is 1. The van der Waals surface area contributed by atoms with Crippen LogP contribution in [0.2, 0.25) is 0 Å². The highest BCUT2D eigenvalue weighted by Gasteiger charge is 2.54. The first-order valence-electron chi connectivity index (χ1n) is 12.8. The Morgan fingerprint density at radius 1 is 1.31 bits per heavy atom. The number of allylic oxidation sites excluding steroid dienone is 1. The number of furan rings is 1. The van der Waals surface area contributed by atoms with Crippen molar-refractivity contribution in [2.75, 3.05) is 11.5 Å². The Morgan fingerprint density at radius 2 is 2.12 bits per heavy atom. The summed E-state index contributed by atoms with van der Waals surface area (Å²) in [6.07, 6.45) is 6.72. The van der Waals surface area contributed by atoms with E-state index >= 15 is 0 Å². The van der Waals surface area contributed by atoms with Gasteiger partial charge in [-0.3, -0.25) is 19.3 Å². The molecular weight excluding hydrogens is 623 g/mol. The minimum absolute atomic E-state index is 0.0903. The molecule has 1 unspecified atom stereocenters. The number of anilines is 1. The van der Waals surface area contributed by atoms with E-state index in [2.05, 4.69) is 15.5 Å². The zero-order valence-corrected chi connectivity index (χ0v) is 24.9. The summed E-state index contributed by atoms with van der Waals surface area (Å²) in [6.45, 7) is 0. The Balaban J connectivity index is 1.17. The van der Waals surface area contributed by atoms with Crippen molar-refractivity contribution in [1.29, 1.82) is 0 Å². The highest BCUT2D eigenvalue weighted by molar-refractivity contribution is 8.04. The lowest BCUT2D eigenvalue weighted by Gasteiger charge is -2.49. The number of carbonyl (C=O) groups is 3. The largest absolute Gasteiger partial charge is 0.477 e. The molecule has 2 aliphatic heterocycles. The van der Waals surface area contributed by atoms with Crippen LogP contribution in [0.4, 0.5) is 5.13 Å². The topological polar surface area (TPSA) is 177 Å². The maximum absolute atomic E-state index is 13.3. The van der Waals surface area contributed by atoms with Crippen LogP contribution < -0.4 is 16.5 Å². The summed E-state index contributed by atoms with van der Waals surface area (Å²) in [5, 5.41) is 19.7. The predicted molar refractivity (Wildman–Crippen MR) is 161 cm³/mol. The lowest BCUT2D eigenvalue weighted by molar-refractivity contribution is -0.150. The third-order valence-electron chi connectivity index (χ3n) is 6.83. The average Bonchev–Trinajstić information content (AvgIpc) is 3.74. The van der Waals surface area contributed by atoms with Gasteiger partial charge in [-0.25, -0.2) is 9.78 Å². The lowest BCUT2D eigenvalue weighted by Crippen LogP contribution is -2.71. The van der Waals surface area contributed by atoms with E-state index in [0.29, 0.717) is 21.1 Å². The van der Waals surface area contributed by atoms with Crippen molar-refractivity contribution in [2.24, 2.45) is 5.16 Å². The molecule has 1 saturated carbocycles. The smallest absolute Gasteiger partial charge is 0.352 e. The molecule has 2 fully saturated rings. The number of thioether (sulfide) groups is 2. The van der Waals surface area contributed by atoms with Gasteiger partial charge in [-0.15, -0.1) is 34.4 Å². The second kappa shape index (κ2) is 11.9. The number of carboxylic acid groups (broad SMARTS) is 1. The second-order valence-electron chi connectivity index (χ2n) is 9.53. The number of carbonyl (C=O) groups excluding carboxylic acids is 2. The second-order valence-corrected chi connectivity index (χ2v) is 13.8. The maximum Gasteiger partial charge on any atom is 0.352 e. The fraction of sp³-hybridized carbons (Fsp3) is 0.308. The molecule has 2 amide bonds. The molecule has 16 heteroatoms. The molecule has 3 aromatic heterocycles.